The van der Waals surface area contributed by atoms with Gasteiger partial charge in [0, 0.05) is 17.1 Å². The van der Waals surface area contributed by atoms with E-state index in [9.17, 15) is 18.0 Å². The SMILES string of the molecule is Cc1ccsc1CNc1ccc(C(=O)O)c(C(F)(F)F)c1. The molecule has 7 heteroatoms. The van der Waals surface area contributed by atoms with Crippen molar-refractivity contribution in [3.63, 3.8) is 0 Å². The first-order valence-electron chi connectivity index (χ1n) is 6.00. The number of aromatic carboxylic acids is 1. The Morgan fingerprint density at radius 1 is 1.33 bits per heavy atom. The number of nitrogens with one attached hydrogen (secondary N) is 1. The molecule has 0 fully saturated rings. The lowest BCUT2D eigenvalue weighted by Gasteiger charge is -2.13. The maximum absolute atomic E-state index is 12.9. The van der Waals surface area contributed by atoms with Gasteiger partial charge in [-0.25, -0.2) is 4.79 Å². The first-order valence-corrected chi connectivity index (χ1v) is 6.88. The van der Waals surface area contributed by atoms with E-state index in [0.29, 0.717) is 6.54 Å². The number of carboxylic acids is 1. The van der Waals surface area contributed by atoms with Crippen molar-refractivity contribution >= 4 is 23.0 Å². The second kappa shape index (κ2) is 5.77. The molecule has 0 unspecified atom stereocenters. The van der Waals surface area contributed by atoms with E-state index in [2.05, 4.69) is 5.32 Å². The Hall–Kier alpha value is -2.02. The van der Waals surface area contributed by atoms with E-state index in [0.717, 1.165) is 22.6 Å². The van der Waals surface area contributed by atoms with Gasteiger partial charge < -0.3 is 10.4 Å². The number of anilines is 1. The molecule has 2 rings (SSSR count). The van der Waals surface area contributed by atoms with Crippen LogP contribution in [0.25, 0.3) is 0 Å². The molecular weight excluding hydrogens is 303 g/mol. The number of benzene rings is 1. The molecule has 0 saturated heterocycles. The van der Waals surface area contributed by atoms with E-state index in [-0.39, 0.29) is 5.69 Å². The highest BCUT2D eigenvalue weighted by Gasteiger charge is 2.35. The lowest BCUT2D eigenvalue weighted by Crippen LogP contribution is -2.13. The monoisotopic (exact) mass is 315 g/mol. The molecule has 0 aliphatic heterocycles. The number of hydrogen-bond donors (Lipinski definition) is 2. The second-order valence-electron chi connectivity index (χ2n) is 4.44. The van der Waals surface area contributed by atoms with Crippen LogP contribution in [0.4, 0.5) is 18.9 Å². The number of hydrogen-bond acceptors (Lipinski definition) is 3. The summed E-state index contributed by atoms with van der Waals surface area (Å²) in [4.78, 5) is 11.9. The molecule has 2 N–H and O–H groups in total. The average Bonchev–Trinajstić information content (AvgIpc) is 2.80. The molecule has 0 bridgehead atoms. The second-order valence-corrected chi connectivity index (χ2v) is 5.44. The van der Waals surface area contributed by atoms with Gasteiger partial charge in [0.15, 0.2) is 0 Å². The third-order valence-electron chi connectivity index (χ3n) is 2.98. The smallest absolute Gasteiger partial charge is 0.417 e. The van der Waals surface area contributed by atoms with Crippen molar-refractivity contribution in [1.29, 1.82) is 0 Å². The summed E-state index contributed by atoms with van der Waals surface area (Å²) < 4.78 is 38.6. The lowest BCUT2D eigenvalue weighted by molar-refractivity contribution is -0.138. The molecule has 112 valence electrons. The van der Waals surface area contributed by atoms with Crippen molar-refractivity contribution in [2.45, 2.75) is 19.6 Å². The van der Waals surface area contributed by atoms with Crippen molar-refractivity contribution in [1.82, 2.24) is 0 Å². The largest absolute Gasteiger partial charge is 0.478 e. The Morgan fingerprint density at radius 3 is 2.57 bits per heavy atom. The summed E-state index contributed by atoms with van der Waals surface area (Å²) in [5.41, 5.74) is -0.603. The molecule has 0 amide bonds. The van der Waals surface area contributed by atoms with Crippen LogP contribution < -0.4 is 5.32 Å². The van der Waals surface area contributed by atoms with Gasteiger partial charge in [-0.05, 0) is 42.1 Å². The van der Waals surface area contributed by atoms with Crippen molar-refractivity contribution in [2.24, 2.45) is 0 Å². The van der Waals surface area contributed by atoms with Crippen LogP contribution in [0.15, 0.2) is 29.6 Å². The number of carboxylic acid groups (broad SMARTS) is 1. The van der Waals surface area contributed by atoms with Gasteiger partial charge in [0.25, 0.3) is 0 Å². The molecular formula is C14H12F3NO2S. The summed E-state index contributed by atoms with van der Waals surface area (Å²) in [7, 11) is 0. The topological polar surface area (TPSA) is 49.3 Å². The minimum absolute atomic E-state index is 0.236. The highest BCUT2D eigenvalue weighted by molar-refractivity contribution is 7.10. The van der Waals surface area contributed by atoms with Crippen LogP contribution in [0.5, 0.6) is 0 Å². The molecule has 1 aromatic carbocycles. The Balaban J connectivity index is 2.26. The van der Waals surface area contributed by atoms with Crippen LogP contribution in [0, 0.1) is 6.92 Å². The zero-order valence-corrected chi connectivity index (χ0v) is 11.8. The molecule has 0 aliphatic rings. The molecule has 0 atom stereocenters. The fourth-order valence-electron chi connectivity index (χ4n) is 1.84. The summed E-state index contributed by atoms with van der Waals surface area (Å²) in [6, 6.07) is 5.05. The molecule has 2 aromatic rings. The van der Waals surface area contributed by atoms with Crippen molar-refractivity contribution < 1.29 is 23.1 Å². The van der Waals surface area contributed by atoms with Gasteiger partial charge in [0.1, 0.15) is 0 Å². The molecule has 3 nitrogen and oxygen atoms in total. The Kier molecular flexibility index (Phi) is 4.22. The quantitative estimate of drug-likeness (QED) is 0.880. The van der Waals surface area contributed by atoms with Crippen LogP contribution in [0.1, 0.15) is 26.4 Å². The Morgan fingerprint density at radius 2 is 2.05 bits per heavy atom. The number of rotatable bonds is 4. The first kappa shape index (κ1) is 15.4. The number of alkyl halides is 3. The van der Waals surface area contributed by atoms with Crippen LogP contribution in [-0.2, 0) is 12.7 Å². The van der Waals surface area contributed by atoms with Gasteiger partial charge in [0.2, 0.25) is 0 Å². The van der Waals surface area contributed by atoms with Gasteiger partial charge in [-0.2, -0.15) is 13.2 Å². The maximum atomic E-state index is 12.9. The third-order valence-corrected chi connectivity index (χ3v) is 4.00. The molecule has 0 saturated carbocycles. The highest BCUT2D eigenvalue weighted by Crippen LogP contribution is 2.34. The number of aryl methyl sites for hydroxylation is 1. The van der Waals surface area contributed by atoms with Gasteiger partial charge >= 0.3 is 12.1 Å². The molecule has 1 heterocycles. The summed E-state index contributed by atoms with van der Waals surface area (Å²) in [6.07, 6.45) is -4.70. The molecule has 1 aromatic heterocycles. The van der Waals surface area contributed by atoms with Crippen molar-refractivity contribution in [3.05, 3.63) is 51.2 Å². The minimum Gasteiger partial charge on any atom is -0.478 e. The first-order chi connectivity index (χ1) is 9.79. The van der Waals surface area contributed by atoms with E-state index >= 15 is 0 Å². The van der Waals surface area contributed by atoms with Crippen LogP contribution in [-0.4, -0.2) is 11.1 Å². The normalized spacial score (nSPS) is 11.4. The van der Waals surface area contributed by atoms with Gasteiger partial charge in [-0.3, -0.25) is 0 Å². The fourth-order valence-corrected chi connectivity index (χ4v) is 2.69. The molecule has 0 aliphatic carbocycles. The van der Waals surface area contributed by atoms with Crippen LogP contribution in [0.2, 0.25) is 0 Å². The zero-order valence-electron chi connectivity index (χ0n) is 11.0. The van der Waals surface area contributed by atoms with E-state index < -0.39 is 23.3 Å². The van der Waals surface area contributed by atoms with E-state index in [4.69, 9.17) is 5.11 Å². The Bertz CT molecular complexity index is 664. The number of halogens is 3. The van der Waals surface area contributed by atoms with E-state index in [1.165, 1.54) is 17.4 Å². The summed E-state index contributed by atoms with van der Waals surface area (Å²) in [5, 5.41) is 13.6. The zero-order chi connectivity index (χ0) is 15.6. The molecule has 21 heavy (non-hydrogen) atoms. The minimum atomic E-state index is -4.70. The summed E-state index contributed by atoms with van der Waals surface area (Å²) in [6.45, 7) is 2.31. The van der Waals surface area contributed by atoms with Crippen molar-refractivity contribution in [2.75, 3.05) is 5.32 Å². The summed E-state index contributed by atoms with van der Waals surface area (Å²) >= 11 is 1.51. The predicted molar refractivity (Wildman–Crippen MR) is 74.8 cm³/mol. The lowest BCUT2D eigenvalue weighted by atomic mass is 10.1. The standard InChI is InChI=1S/C14H12F3NO2S/c1-8-4-5-21-12(8)7-18-9-2-3-10(13(19)20)11(6-9)14(15,16)17/h2-6,18H,7H2,1H3,(H,19,20). The van der Waals surface area contributed by atoms with Gasteiger partial charge in [-0.1, -0.05) is 0 Å². The third kappa shape index (κ3) is 3.55. The fraction of sp³-hybridized carbons (Fsp3) is 0.214. The maximum Gasteiger partial charge on any atom is 0.417 e. The number of carbonyl (C=O) groups is 1. The van der Waals surface area contributed by atoms with E-state index in [1.54, 1.807) is 0 Å². The number of thiophene rings is 1. The molecule has 0 spiro atoms. The van der Waals surface area contributed by atoms with Gasteiger partial charge in [-0.15, -0.1) is 11.3 Å². The van der Waals surface area contributed by atoms with Crippen LogP contribution >= 0.6 is 11.3 Å². The van der Waals surface area contributed by atoms with E-state index in [1.807, 2.05) is 18.4 Å². The highest BCUT2D eigenvalue weighted by atomic mass is 32.1. The average molecular weight is 315 g/mol. The Labute approximate surface area is 123 Å². The van der Waals surface area contributed by atoms with Crippen LogP contribution in [0.3, 0.4) is 0 Å². The van der Waals surface area contributed by atoms with Gasteiger partial charge in [0.05, 0.1) is 11.1 Å². The molecule has 0 radical (unpaired) electrons. The summed E-state index contributed by atoms with van der Waals surface area (Å²) in [5.74, 6) is -1.59. The van der Waals surface area contributed by atoms with Crippen molar-refractivity contribution in [3.8, 4) is 0 Å². The predicted octanol–water partition coefficient (Wildman–Crippen LogP) is 4.39.